The van der Waals surface area contributed by atoms with E-state index in [0.29, 0.717) is 10.8 Å². The van der Waals surface area contributed by atoms with Crippen molar-refractivity contribution in [3.8, 4) is 22.8 Å². The topological polar surface area (TPSA) is 60.5 Å². The first-order chi connectivity index (χ1) is 12.6. The number of amides is 1. The summed E-state index contributed by atoms with van der Waals surface area (Å²) in [6.45, 7) is -3.08. The summed E-state index contributed by atoms with van der Waals surface area (Å²) in [6.07, 6.45) is 0. The number of methoxy groups -OCH3 is 1. The zero-order valence-corrected chi connectivity index (χ0v) is 14.4. The van der Waals surface area contributed by atoms with Crippen LogP contribution in [0.15, 0.2) is 53.9 Å². The summed E-state index contributed by atoms with van der Waals surface area (Å²) in [5, 5.41) is 4.75. The van der Waals surface area contributed by atoms with Crippen LogP contribution in [0.2, 0.25) is 0 Å². The third-order valence-electron chi connectivity index (χ3n) is 3.44. The lowest BCUT2D eigenvalue weighted by Crippen LogP contribution is -2.15. The molecule has 5 nitrogen and oxygen atoms in total. The van der Waals surface area contributed by atoms with Crippen molar-refractivity contribution >= 4 is 22.4 Å². The summed E-state index contributed by atoms with van der Waals surface area (Å²) in [5.74, 6) is -0.891. The van der Waals surface area contributed by atoms with Crippen LogP contribution in [0, 0.1) is 0 Å². The van der Waals surface area contributed by atoms with Crippen LogP contribution < -0.4 is 14.8 Å². The van der Waals surface area contributed by atoms with E-state index in [1.54, 1.807) is 5.38 Å². The maximum atomic E-state index is 12.7. The zero-order chi connectivity index (χ0) is 18.5. The highest BCUT2D eigenvalue weighted by Gasteiger charge is 2.21. The lowest BCUT2D eigenvalue weighted by molar-refractivity contribution is -0.0515. The minimum atomic E-state index is -3.08. The number of aromatic nitrogens is 1. The van der Waals surface area contributed by atoms with E-state index in [9.17, 15) is 13.6 Å². The number of para-hydroxylation sites is 1. The first-order valence-electron chi connectivity index (χ1n) is 7.52. The zero-order valence-electron chi connectivity index (χ0n) is 13.6. The third kappa shape index (κ3) is 3.97. The van der Waals surface area contributed by atoms with Crippen molar-refractivity contribution in [2.45, 2.75) is 6.61 Å². The first kappa shape index (κ1) is 17.8. The van der Waals surface area contributed by atoms with Gasteiger partial charge in [0.2, 0.25) is 0 Å². The van der Waals surface area contributed by atoms with Crippen molar-refractivity contribution in [2.75, 3.05) is 12.4 Å². The van der Waals surface area contributed by atoms with Crippen LogP contribution in [0.5, 0.6) is 11.5 Å². The molecule has 0 aliphatic rings. The predicted molar refractivity (Wildman–Crippen MR) is 95.1 cm³/mol. The molecule has 0 radical (unpaired) electrons. The Balaban J connectivity index is 1.84. The molecule has 3 aromatic rings. The van der Waals surface area contributed by atoms with E-state index < -0.39 is 12.5 Å². The molecule has 3 rings (SSSR count). The quantitative estimate of drug-likeness (QED) is 0.679. The van der Waals surface area contributed by atoms with Crippen LogP contribution in [-0.4, -0.2) is 24.6 Å². The number of nitrogens with zero attached hydrogens (tertiary/aromatic N) is 1. The van der Waals surface area contributed by atoms with E-state index >= 15 is 0 Å². The molecule has 1 heterocycles. The van der Waals surface area contributed by atoms with Crippen molar-refractivity contribution < 1.29 is 23.0 Å². The van der Waals surface area contributed by atoms with Crippen LogP contribution in [0.4, 0.5) is 13.9 Å². The smallest absolute Gasteiger partial charge is 0.387 e. The first-order valence-corrected chi connectivity index (χ1v) is 8.40. The molecule has 0 saturated carbocycles. The Morgan fingerprint density at radius 3 is 2.62 bits per heavy atom. The third-order valence-corrected chi connectivity index (χ3v) is 4.20. The van der Waals surface area contributed by atoms with Crippen LogP contribution in [-0.2, 0) is 0 Å². The summed E-state index contributed by atoms with van der Waals surface area (Å²) < 4.78 is 34.8. The van der Waals surface area contributed by atoms with Gasteiger partial charge in [-0.1, -0.05) is 36.4 Å². The molecule has 1 aromatic heterocycles. The molecule has 0 spiro atoms. The van der Waals surface area contributed by atoms with Gasteiger partial charge in [0.1, 0.15) is 0 Å². The number of anilines is 1. The Labute approximate surface area is 152 Å². The molecule has 0 aliphatic carbocycles. The van der Waals surface area contributed by atoms with Crippen molar-refractivity contribution in [2.24, 2.45) is 0 Å². The minimum Gasteiger partial charge on any atom is -0.493 e. The summed E-state index contributed by atoms with van der Waals surface area (Å²) in [4.78, 5) is 16.9. The van der Waals surface area contributed by atoms with Crippen molar-refractivity contribution in [1.82, 2.24) is 4.98 Å². The Hall–Kier alpha value is -3.00. The standard InChI is InChI=1S/C18H14F2N2O3S/c1-24-14-9-5-8-12(15(14)25-17(19)20)16(23)22-18-21-13(10-26-18)11-6-3-2-4-7-11/h2-10,17H,1H3,(H,21,22,23). The van der Waals surface area contributed by atoms with Crippen molar-refractivity contribution in [1.29, 1.82) is 0 Å². The molecule has 0 fully saturated rings. The van der Waals surface area contributed by atoms with Crippen LogP contribution in [0.3, 0.4) is 0 Å². The molecule has 0 unspecified atom stereocenters. The van der Waals surface area contributed by atoms with Crippen LogP contribution >= 0.6 is 11.3 Å². The molecular weight excluding hydrogens is 362 g/mol. The summed E-state index contributed by atoms with van der Waals surface area (Å²) >= 11 is 1.23. The lowest BCUT2D eigenvalue weighted by Gasteiger charge is -2.13. The number of nitrogens with one attached hydrogen (secondary N) is 1. The van der Waals surface area contributed by atoms with Crippen LogP contribution in [0.1, 0.15) is 10.4 Å². The predicted octanol–water partition coefficient (Wildman–Crippen LogP) is 4.67. The highest BCUT2D eigenvalue weighted by Crippen LogP contribution is 2.33. The second-order valence-electron chi connectivity index (χ2n) is 5.07. The molecule has 134 valence electrons. The largest absolute Gasteiger partial charge is 0.493 e. The number of halogens is 2. The fraction of sp³-hybridized carbons (Fsp3) is 0.111. The van der Waals surface area contributed by atoms with E-state index in [2.05, 4.69) is 15.0 Å². The Bertz CT molecular complexity index is 900. The highest BCUT2D eigenvalue weighted by molar-refractivity contribution is 7.14. The van der Waals surface area contributed by atoms with Gasteiger partial charge >= 0.3 is 6.61 Å². The van der Waals surface area contributed by atoms with Crippen molar-refractivity contribution in [3.05, 3.63) is 59.5 Å². The highest BCUT2D eigenvalue weighted by atomic mass is 32.1. The number of carbonyl (C=O) groups excluding carboxylic acids is 1. The molecule has 0 bridgehead atoms. The van der Waals surface area contributed by atoms with Gasteiger partial charge in [0.05, 0.1) is 18.4 Å². The monoisotopic (exact) mass is 376 g/mol. The van der Waals surface area contributed by atoms with E-state index in [-0.39, 0.29) is 17.1 Å². The van der Waals surface area contributed by atoms with Crippen LogP contribution in [0.25, 0.3) is 11.3 Å². The normalized spacial score (nSPS) is 10.6. The van der Waals surface area contributed by atoms with Gasteiger partial charge in [-0.25, -0.2) is 4.98 Å². The molecule has 1 N–H and O–H groups in total. The van der Waals surface area contributed by atoms with E-state index in [1.165, 1.54) is 36.6 Å². The number of hydrogen-bond acceptors (Lipinski definition) is 5. The summed E-state index contributed by atoms with van der Waals surface area (Å²) in [5.41, 5.74) is 1.55. The number of ether oxygens (including phenoxy) is 2. The van der Waals surface area contributed by atoms with Crippen molar-refractivity contribution in [3.63, 3.8) is 0 Å². The number of alkyl halides is 2. The maximum Gasteiger partial charge on any atom is 0.387 e. The number of thiazole rings is 1. The molecule has 0 atom stereocenters. The number of hydrogen-bond donors (Lipinski definition) is 1. The molecule has 2 aromatic carbocycles. The molecule has 0 saturated heterocycles. The Kier molecular flexibility index (Phi) is 5.43. The van der Waals surface area contributed by atoms with Gasteiger partial charge in [-0.3, -0.25) is 10.1 Å². The van der Waals surface area contributed by atoms with Gasteiger partial charge in [0, 0.05) is 10.9 Å². The number of rotatable bonds is 6. The van der Waals surface area contributed by atoms with Gasteiger partial charge in [-0.15, -0.1) is 11.3 Å². The average molecular weight is 376 g/mol. The fourth-order valence-corrected chi connectivity index (χ4v) is 3.02. The fourth-order valence-electron chi connectivity index (χ4n) is 2.30. The average Bonchev–Trinajstić information content (AvgIpc) is 3.10. The molecule has 8 heteroatoms. The summed E-state index contributed by atoms with van der Waals surface area (Å²) in [6, 6.07) is 13.8. The van der Waals surface area contributed by atoms with Gasteiger partial charge in [0.25, 0.3) is 5.91 Å². The Morgan fingerprint density at radius 1 is 1.15 bits per heavy atom. The number of carbonyl (C=O) groups is 1. The SMILES string of the molecule is COc1cccc(C(=O)Nc2nc(-c3ccccc3)cs2)c1OC(F)F. The second kappa shape index (κ2) is 7.92. The second-order valence-corrected chi connectivity index (χ2v) is 5.93. The minimum absolute atomic E-state index is 0.0436. The van der Waals surface area contributed by atoms with Gasteiger partial charge in [-0.2, -0.15) is 8.78 Å². The van der Waals surface area contributed by atoms with Gasteiger partial charge < -0.3 is 9.47 Å². The van der Waals surface area contributed by atoms with Gasteiger partial charge in [-0.05, 0) is 12.1 Å². The van der Waals surface area contributed by atoms with E-state index in [4.69, 9.17) is 4.74 Å². The summed E-state index contributed by atoms with van der Waals surface area (Å²) in [7, 11) is 1.31. The lowest BCUT2D eigenvalue weighted by atomic mass is 10.1. The maximum absolute atomic E-state index is 12.7. The van der Waals surface area contributed by atoms with E-state index in [0.717, 1.165) is 5.56 Å². The molecule has 26 heavy (non-hydrogen) atoms. The number of benzene rings is 2. The molecular formula is C18H14F2N2O3S. The Morgan fingerprint density at radius 2 is 1.92 bits per heavy atom. The van der Waals surface area contributed by atoms with Gasteiger partial charge in [0.15, 0.2) is 16.6 Å². The van der Waals surface area contributed by atoms with E-state index in [1.807, 2.05) is 30.3 Å². The molecule has 1 amide bonds. The molecule has 0 aliphatic heterocycles.